The van der Waals surface area contributed by atoms with Gasteiger partial charge in [-0.15, -0.1) is 11.6 Å². The third-order valence-corrected chi connectivity index (χ3v) is 15.8. The number of halogens is 1. The summed E-state index contributed by atoms with van der Waals surface area (Å²) in [5.74, 6) is -5.04. The van der Waals surface area contributed by atoms with Crippen LogP contribution in [0.25, 0.3) is 0 Å². The molecule has 4 aliphatic carbocycles. The zero-order valence-corrected chi connectivity index (χ0v) is 42.9. The Kier molecular flexibility index (Phi) is 20.8. The maximum Gasteiger partial charge on any atom is 0.306 e. The molecule has 5 rings (SSSR count). The first kappa shape index (κ1) is 58.0. The van der Waals surface area contributed by atoms with Crippen LogP contribution in [0.3, 0.4) is 0 Å². The molecule has 0 aromatic heterocycles. The molecule has 0 aromatic rings. The summed E-state index contributed by atoms with van der Waals surface area (Å²) in [6, 6.07) is -2.02. The number of amides is 6. The van der Waals surface area contributed by atoms with Gasteiger partial charge in [0.25, 0.3) is 11.8 Å². The van der Waals surface area contributed by atoms with Crippen LogP contribution >= 0.6 is 11.6 Å². The van der Waals surface area contributed by atoms with Gasteiger partial charge in [0.1, 0.15) is 25.4 Å². The highest BCUT2D eigenvalue weighted by molar-refractivity contribution is 6.26. The second-order valence-corrected chi connectivity index (χ2v) is 20.0. The molecule has 0 saturated heterocycles. The van der Waals surface area contributed by atoms with E-state index in [1.165, 1.54) is 32.1 Å². The van der Waals surface area contributed by atoms with Crippen LogP contribution in [-0.4, -0.2) is 171 Å². The molecule has 1 aliphatic heterocycles. The summed E-state index contributed by atoms with van der Waals surface area (Å²) < 4.78 is 33.6. The molecule has 3 fully saturated rings. The summed E-state index contributed by atoms with van der Waals surface area (Å²) in [5, 5.41) is 22.4. The summed E-state index contributed by atoms with van der Waals surface area (Å²) in [4.78, 5) is 113. The lowest BCUT2D eigenvalue weighted by Crippen LogP contribution is -2.69. The number of aliphatic hydroxyl groups excluding tert-OH is 1. The molecule has 22 heteroatoms. The SMILES string of the molecule is CCC(=O)O[C@]1(C(=O)COCNC(=O)[C@H](C)NC(=O)[C@H](C)NC(=O)CCOCCOCCOCCOCCNC(=O)CCN2C(=O)C=CC2=O)[C@@H](C)CC2[C@@H]3CCC4=CC(=O)C=C[C@]4(C)[C@@]3(Cl)[C@@H](O)C[C@@]21C. The normalized spacial score (nSPS) is 29.1. The first-order chi connectivity index (χ1) is 34.2. The summed E-state index contributed by atoms with van der Waals surface area (Å²) in [7, 11) is 0. The summed E-state index contributed by atoms with van der Waals surface area (Å²) in [5.41, 5.74) is -2.64. The van der Waals surface area contributed by atoms with Crippen molar-refractivity contribution in [3.8, 4) is 0 Å². The highest BCUT2D eigenvalue weighted by atomic mass is 35.5. The number of aliphatic hydroxyl groups is 1. The van der Waals surface area contributed by atoms with Gasteiger partial charge in [-0.05, 0) is 63.5 Å². The lowest BCUT2D eigenvalue weighted by molar-refractivity contribution is -0.203. The number of ether oxygens (including phenoxy) is 6. The third-order valence-electron chi connectivity index (χ3n) is 14.9. The molecular formula is C50H72ClN5O16. The lowest BCUT2D eigenvalue weighted by Gasteiger charge is -2.64. The van der Waals surface area contributed by atoms with E-state index in [0.717, 1.165) is 10.5 Å². The van der Waals surface area contributed by atoms with Crippen molar-refractivity contribution in [2.75, 3.05) is 79.3 Å². The van der Waals surface area contributed by atoms with Gasteiger partial charge in [0.05, 0.1) is 63.8 Å². The molecule has 6 amide bonds. The Balaban J connectivity index is 0.927. The van der Waals surface area contributed by atoms with Gasteiger partial charge in [-0.25, -0.2) is 0 Å². The van der Waals surface area contributed by atoms with E-state index in [1.807, 2.05) is 20.8 Å². The number of hydrogen-bond acceptors (Lipinski definition) is 16. The standard InChI is InChI=1S/C50H72ClN5O16/c1-7-44(64)72-50(31(2)26-37-36-9-8-34-27-35(57)12-15-47(34,5)49(36,51)38(58)28-48(37,50)6)39(59)29-71-30-53-45(65)32(3)55-46(66)33(4)54-41(61)14-18-67-20-22-69-24-25-70-23-21-68-19-16-52-40(60)13-17-56-42(62)10-11-43(56)63/h10-12,15,27,31-33,36-38,58H,7-9,13-14,16-26,28-30H2,1-6H3,(H,52,60)(H,53,65)(H,54,61)(H,55,66)/t31-,32-,33-,36-,37?,38-,47-,48-,49-,50-/m0/s1. The average molecular weight is 1030 g/mol. The predicted molar refractivity (Wildman–Crippen MR) is 257 cm³/mol. The number of esters is 1. The molecule has 1 heterocycles. The molecule has 1 unspecified atom stereocenters. The second kappa shape index (κ2) is 25.9. The van der Waals surface area contributed by atoms with Gasteiger partial charge >= 0.3 is 5.97 Å². The Labute approximate surface area is 425 Å². The zero-order chi connectivity index (χ0) is 52.9. The highest BCUT2D eigenvalue weighted by Gasteiger charge is 2.76. The number of allylic oxidation sites excluding steroid dienone is 4. The zero-order valence-electron chi connectivity index (χ0n) is 42.2. The number of nitrogens with zero attached hydrogens (tertiary/aromatic N) is 1. The minimum absolute atomic E-state index is 0.00487. The van der Waals surface area contributed by atoms with Gasteiger partial charge in [-0.2, -0.15) is 0 Å². The number of carbonyl (C=O) groups excluding carboxylic acids is 9. The minimum atomic E-state index is -1.67. The van der Waals surface area contributed by atoms with E-state index in [1.54, 1.807) is 19.1 Å². The Morgan fingerprint density at radius 1 is 0.792 bits per heavy atom. The smallest absolute Gasteiger partial charge is 0.306 e. The van der Waals surface area contributed by atoms with E-state index in [-0.39, 0.29) is 88.7 Å². The molecule has 10 atom stereocenters. The molecule has 5 N–H and O–H groups in total. The van der Waals surface area contributed by atoms with Crippen molar-refractivity contribution in [1.29, 1.82) is 0 Å². The molecule has 72 heavy (non-hydrogen) atoms. The number of ketones is 2. The van der Waals surface area contributed by atoms with Crippen LogP contribution in [0.4, 0.5) is 0 Å². The van der Waals surface area contributed by atoms with E-state index in [4.69, 9.17) is 40.0 Å². The van der Waals surface area contributed by atoms with Gasteiger partial charge < -0.3 is 54.8 Å². The van der Waals surface area contributed by atoms with Crippen molar-refractivity contribution in [1.82, 2.24) is 26.2 Å². The number of rotatable bonds is 29. The number of hydrogen-bond donors (Lipinski definition) is 5. The second-order valence-electron chi connectivity index (χ2n) is 19.4. The number of imide groups is 1. The van der Waals surface area contributed by atoms with Gasteiger partial charge in [0.2, 0.25) is 29.4 Å². The minimum Gasteiger partial charge on any atom is -0.450 e. The third kappa shape index (κ3) is 13.1. The number of nitrogens with one attached hydrogen (secondary N) is 4. The molecule has 400 valence electrons. The van der Waals surface area contributed by atoms with Crippen molar-refractivity contribution in [2.45, 2.75) is 115 Å². The molecule has 0 spiro atoms. The Hall–Kier alpha value is -4.90. The van der Waals surface area contributed by atoms with Gasteiger partial charge in [0, 0.05) is 61.3 Å². The quantitative estimate of drug-likeness (QED) is 0.0231. The molecule has 21 nitrogen and oxygen atoms in total. The van der Waals surface area contributed by atoms with Crippen LogP contribution in [0, 0.1) is 28.6 Å². The summed E-state index contributed by atoms with van der Waals surface area (Å²) in [6.07, 6.45) is 7.80. The van der Waals surface area contributed by atoms with Crippen LogP contribution in [-0.2, 0) is 71.6 Å². The maximum absolute atomic E-state index is 14.5. The Morgan fingerprint density at radius 3 is 2.04 bits per heavy atom. The number of Topliss-reactive ketones (excluding diaryl/α,β-unsaturated/α-hetero) is 1. The molecule has 5 aliphatic rings. The maximum atomic E-state index is 14.5. The van der Waals surface area contributed by atoms with E-state index < -0.39 is 100 Å². The van der Waals surface area contributed by atoms with Gasteiger partial charge in [0.15, 0.2) is 11.4 Å². The Morgan fingerprint density at radius 2 is 1.40 bits per heavy atom. The fraction of sp³-hybridized carbons (Fsp3) is 0.700. The number of carbonyl (C=O) groups is 9. The molecule has 3 saturated carbocycles. The molecule has 0 radical (unpaired) electrons. The largest absolute Gasteiger partial charge is 0.450 e. The van der Waals surface area contributed by atoms with Crippen molar-refractivity contribution < 1.29 is 76.7 Å². The number of fused-ring (bicyclic) bond motifs is 5. The van der Waals surface area contributed by atoms with E-state index in [9.17, 15) is 48.3 Å². The highest BCUT2D eigenvalue weighted by Crippen LogP contribution is 2.72. The average Bonchev–Trinajstić information content (AvgIpc) is 3.77. The van der Waals surface area contributed by atoms with Crippen LogP contribution in [0.1, 0.15) is 86.5 Å². The molecular weight excluding hydrogens is 962 g/mol. The molecule has 0 bridgehead atoms. The topological polar surface area (TPSA) is 281 Å². The van der Waals surface area contributed by atoms with E-state index >= 15 is 0 Å². The first-order valence-electron chi connectivity index (χ1n) is 24.8. The predicted octanol–water partition coefficient (Wildman–Crippen LogP) is 1.12. The van der Waals surface area contributed by atoms with Crippen molar-refractivity contribution in [3.63, 3.8) is 0 Å². The van der Waals surface area contributed by atoms with E-state index in [0.29, 0.717) is 45.7 Å². The molecule has 0 aromatic carbocycles. The van der Waals surface area contributed by atoms with Crippen molar-refractivity contribution in [2.24, 2.45) is 28.6 Å². The van der Waals surface area contributed by atoms with Crippen LogP contribution in [0.2, 0.25) is 0 Å². The summed E-state index contributed by atoms with van der Waals surface area (Å²) in [6.45, 7) is 11.6. The van der Waals surface area contributed by atoms with Gasteiger partial charge in [-0.1, -0.05) is 39.3 Å². The van der Waals surface area contributed by atoms with E-state index in [2.05, 4.69) is 21.3 Å². The van der Waals surface area contributed by atoms with Crippen LogP contribution in [0.5, 0.6) is 0 Å². The fourth-order valence-corrected chi connectivity index (χ4v) is 11.6. The number of alkyl halides is 1. The summed E-state index contributed by atoms with van der Waals surface area (Å²) >= 11 is 7.60. The van der Waals surface area contributed by atoms with Crippen molar-refractivity contribution >= 4 is 64.6 Å². The van der Waals surface area contributed by atoms with Crippen LogP contribution in [0.15, 0.2) is 36.0 Å². The fourth-order valence-electron chi connectivity index (χ4n) is 11.1. The lowest BCUT2D eigenvalue weighted by atomic mass is 9.45. The monoisotopic (exact) mass is 1030 g/mol. The Bertz CT molecular complexity index is 2120. The van der Waals surface area contributed by atoms with Crippen LogP contribution < -0.4 is 21.3 Å². The van der Waals surface area contributed by atoms with Crippen molar-refractivity contribution in [3.05, 3.63) is 36.0 Å². The van der Waals surface area contributed by atoms with Gasteiger partial charge in [-0.3, -0.25) is 48.1 Å². The first-order valence-corrected chi connectivity index (χ1v) is 25.2.